The first-order valence-electron chi connectivity index (χ1n) is 7.48. The van der Waals surface area contributed by atoms with Gasteiger partial charge in [0.2, 0.25) is 0 Å². The molecule has 0 aliphatic carbocycles. The fraction of sp³-hybridized carbons (Fsp3) is 0.263. The third kappa shape index (κ3) is 4.68. The molecule has 2 aromatic carbocycles. The van der Waals surface area contributed by atoms with Gasteiger partial charge in [0.1, 0.15) is 5.75 Å². The minimum absolute atomic E-state index is 0.0690. The number of hydrogen-bond donors (Lipinski definition) is 1. The van der Waals surface area contributed by atoms with Crippen LogP contribution in [0.4, 0.5) is 0 Å². The fourth-order valence-electron chi connectivity index (χ4n) is 2.07. The smallest absolute Gasteiger partial charge is 0.271 e. The number of hydrogen-bond acceptors (Lipinski definition) is 3. The third-order valence-electron chi connectivity index (χ3n) is 3.49. The van der Waals surface area contributed by atoms with E-state index in [0.29, 0.717) is 5.56 Å². The van der Waals surface area contributed by atoms with E-state index in [1.54, 1.807) is 13.3 Å². The highest BCUT2D eigenvalue weighted by Gasteiger charge is 2.14. The highest BCUT2D eigenvalue weighted by molar-refractivity contribution is 5.94. The Hall–Kier alpha value is -2.62. The number of nitrogens with zero attached hydrogens (tertiary/aromatic N) is 1. The van der Waals surface area contributed by atoms with Crippen molar-refractivity contribution in [2.24, 2.45) is 5.10 Å². The monoisotopic (exact) mass is 310 g/mol. The molecule has 4 heteroatoms. The zero-order chi connectivity index (χ0) is 16.9. The molecule has 2 rings (SSSR count). The topological polar surface area (TPSA) is 50.7 Å². The molecule has 0 bridgehead atoms. The van der Waals surface area contributed by atoms with Gasteiger partial charge in [-0.25, -0.2) is 5.43 Å². The molecular formula is C19H22N2O2. The first-order chi connectivity index (χ1) is 10.9. The van der Waals surface area contributed by atoms with Gasteiger partial charge in [0, 0.05) is 5.56 Å². The van der Waals surface area contributed by atoms with Crippen molar-refractivity contribution < 1.29 is 9.53 Å². The molecule has 0 heterocycles. The van der Waals surface area contributed by atoms with Gasteiger partial charge < -0.3 is 4.74 Å². The van der Waals surface area contributed by atoms with Gasteiger partial charge in [0.25, 0.3) is 5.91 Å². The maximum atomic E-state index is 12.1. The lowest BCUT2D eigenvalue weighted by Crippen LogP contribution is -2.18. The molecule has 1 amide bonds. The highest BCUT2D eigenvalue weighted by atomic mass is 16.5. The van der Waals surface area contributed by atoms with E-state index in [9.17, 15) is 4.79 Å². The second-order valence-electron chi connectivity index (χ2n) is 6.30. The Morgan fingerprint density at radius 3 is 2.43 bits per heavy atom. The third-order valence-corrected chi connectivity index (χ3v) is 3.49. The Morgan fingerprint density at radius 1 is 1.13 bits per heavy atom. The van der Waals surface area contributed by atoms with Gasteiger partial charge in [0.15, 0.2) is 0 Å². The van der Waals surface area contributed by atoms with Crippen molar-refractivity contribution in [3.63, 3.8) is 0 Å². The Kier molecular flexibility index (Phi) is 5.16. The summed E-state index contributed by atoms with van der Waals surface area (Å²) in [6, 6.07) is 15.0. The number of rotatable bonds is 4. The molecule has 0 aliphatic rings. The number of carbonyl (C=O) groups is 1. The summed E-state index contributed by atoms with van der Waals surface area (Å²) in [6.07, 6.45) is 1.59. The van der Waals surface area contributed by atoms with Crippen LogP contribution in [-0.2, 0) is 5.41 Å². The Bertz CT molecular complexity index is 698. The standard InChI is InChI=1S/C19H22N2O2/c1-19(2,3)16-10-8-15(9-11-16)18(22)21-20-13-14-6-5-7-17(12-14)23-4/h5-13H,1-4H3,(H,21,22). The number of amides is 1. The molecule has 0 atom stereocenters. The van der Waals surface area contributed by atoms with Crippen molar-refractivity contribution in [1.82, 2.24) is 5.43 Å². The molecule has 23 heavy (non-hydrogen) atoms. The van der Waals surface area contributed by atoms with Gasteiger partial charge in [-0.15, -0.1) is 0 Å². The lowest BCUT2D eigenvalue weighted by atomic mass is 9.87. The van der Waals surface area contributed by atoms with E-state index in [1.165, 1.54) is 5.56 Å². The van der Waals surface area contributed by atoms with Crippen molar-refractivity contribution in [1.29, 1.82) is 0 Å². The van der Waals surface area contributed by atoms with Crippen LogP contribution >= 0.6 is 0 Å². The van der Waals surface area contributed by atoms with Gasteiger partial charge in [-0.1, -0.05) is 45.0 Å². The van der Waals surface area contributed by atoms with Gasteiger partial charge in [0.05, 0.1) is 13.3 Å². The molecule has 0 saturated heterocycles. The fourth-order valence-corrected chi connectivity index (χ4v) is 2.07. The number of carbonyl (C=O) groups excluding carboxylic acids is 1. The molecule has 0 unspecified atom stereocenters. The van der Waals surface area contributed by atoms with Crippen molar-refractivity contribution in [2.45, 2.75) is 26.2 Å². The molecule has 0 aromatic heterocycles. The number of ether oxygens (including phenoxy) is 1. The minimum atomic E-state index is -0.232. The van der Waals surface area contributed by atoms with E-state index in [-0.39, 0.29) is 11.3 Å². The summed E-state index contributed by atoms with van der Waals surface area (Å²) in [6.45, 7) is 6.42. The summed E-state index contributed by atoms with van der Waals surface area (Å²) in [5, 5.41) is 3.98. The van der Waals surface area contributed by atoms with Crippen LogP contribution in [0.2, 0.25) is 0 Å². The Balaban J connectivity index is 2.00. The van der Waals surface area contributed by atoms with Crippen LogP contribution in [0.5, 0.6) is 5.75 Å². The van der Waals surface area contributed by atoms with E-state index in [1.807, 2.05) is 48.5 Å². The average Bonchev–Trinajstić information content (AvgIpc) is 2.54. The Labute approximate surface area is 137 Å². The van der Waals surface area contributed by atoms with Gasteiger partial charge in [-0.3, -0.25) is 4.79 Å². The molecule has 1 N–H and O–H groups in total. The summed E-state index contributed by atoms with van der Waals surface area (Å²) < 4.78 is 5.14. The molecule has 0 radical (unpaired) electrons. The van der Waals surface area contributed by atoms with Crippen molar-refractivity contribution >= 4 is 12.1 Å². The molecule has 4 nitrogen and oxygen atoms in total. The second-order valence-corrected chi connectivity index (χ2v) is 6.30. The van der Waals surface area contributed by atoms with E-state index in [0.717, 1.165) is 11.3 Å². The molecular weight excluding hydrogens is 288 g/mol. The molecule has 120 valence electrons. The zero-order valence-electron chi connectivity index (χ0n) is 14.0. The number of hydrazone groups is 1. The molecule has 2 aromatic rings. The first-order valence-corrected chi connectivity index (χ1v) is 7.48. The normalized spacial score (nSPS) is 11.5. The predicted octanol–water partition coefficient (Wildman–Crippen LogP) is 3.76. The van der Waals surface area contributed by atoms with Crippen LogP contribution in [0, 0.1) is 0 Å². The minimum Gasteiger partial charge on any atom is -0.497 e. The SMILES string of the molecule is COc1cccc(C=NNC(=O)c2ccc(C(C)(C)C)cc2)c1. The lowest BCUT2D eigenvalue weighted by Gasteiger charge is -2.18. The van der Waals surface area contributed by atoms with E-state index in [2.05, 4.69) is 31.3 Å². The highest BCUT2D eigenvalue weighted by Crippen LogP contribution is 2.22. The summed E-state index contributed by atoms with van der Waals surface area (Å²) in [4.78, 5) is 12.1. The summed E-state index contributed by atoms with van der Waals surface area (Å²) >= 11 is 0. The summed E-state index contributed by atoms with van der Waals surface area (Å²) in [7, 11) is 1.61. The van der Waals surface area contributed by atoms with Crippen LogP contribution in [-0.4, -0.2) is 19.2 Å². The molecule has 0 saturated carbocycles. The quantitative estimate of drug-likeness (QED) is 0.690. The number of methoxy groups -OCH3 is 1. The van der Waals surface area contributed by atoms with E-state index in [4.69, 9.17) is 4.74 Å². The largest absolute Gasteiger partial charge is 0.497 e. The van der Waals surface area contributed by atoms with Gasteiger partial charge in [-0.05, 0) is 40.8 Å². The summed E-state index contributed by atoms with van der Waals surface area (Å²) in [5.74, 6) is 0.516. The maximum Gasteiger partial charge on any atom is 0.271 e. The zero-order valence-corrected chi connectivity index (χ0v) is 14.0. The number of benzene rings is 2. The second kappa shape index (κ2) is 7.09. The lowest BCUT2D eigenvalue weighted by molar-refractivity contribution is 0.0955. The van der Waals surface area contributed by atoms with Crippen LogP contribution < -0.4 is 10.2 Å². The van der Waals surface area contributed by atoms with Gasteiger partial charge in [-0.2, -0.15) is 5.10 Å². The van der Waals surface area contributed by atoms with E-state index >= 15 is 0 Å². The van der Waals surface area contributed by atoms with E-state index < -0.39 is 0 Å². The first kappa shape index (κ1) is 16.7. The van der Waals surface area contributed by atoms with Crippen LogP contribution in [0.3, 0.4) is 0 Å². The van der Waals surface area contributed by atoms with Crippen molar-refractivity contribution in [3.05, 3.63) is 65.2 Å². The molecule has 0 fully saturated rings. The predicted molar refractivity (Wildman–Crippen MR) is 93.2 cm³/mol. The maximum absolute atomic E-state index is 12.1. The summed E-state index contributed by atoms with van der Waals surface area (Å²) in [5.41, 5.74) is 5.23. The van der Waals surface area contributed by atoms with Crippen LogP contribution in [0.25, 0.3) is 0 Å². The van der Waals surface area contributed by atoms with Crippen molar-refractivity contribution in [2.75, 3.05) is 7.11 Å². The van der Waals surface area contributed by atoms with Gasteiger partial charge >= 0.3 is 0 Å². The Morgan fingerprint density at radius 2 is 1.83 bits per heavy atom. The number of nitrogens with one attached hydrogen (secondary N) is 1. The van der Waals surface area contributed by atoms with Crippen LogP contribution in [0.1, 0.15) is 42.3 Å². The van der Waals surface area contributed by atoms with Crippen molar-refractivity contribution in [3.8, 4) is 5.75 Å². The molecule has 0 aliphatic heterocycles. The van der Waals surface area contributed by atoms with Crippen LogP contribution in [0.15, 0.2) is 53.6 Å². The molecule has 0 spiro atoms. The average molecular weight is 310 g/mol.